The van der Waals surface area contributed by atoms with Crippen LogP contribution >= 0.6 is 22.6 Å². The molecular weight excluding hydrogens is 789 g/mol. The van der Waals surface area contributed by atoms with E-state index in [2.05, 4.69) is 47.8 Å². The van der Waals surface area contributed by atoms with E-state index in [-0.39, 0.29) is 48.7 Å². The zero-order chi connectivity index (χ0) is 36.9. The molecule has 0 unspecified atom stereocenters. The quantitative estimate of drug-likeness (QED) is 0.0909. The number of nitrogens with zero attached hydrogens (tertiary/aromatic N) is 3. The number of aliphatic hydroxyl groups is 1. The van der Waals surface area contributed by atoms with Crippen LogP contribution in [0.15, 0.2) is 91.0 Å². The Labute approximate surface area is 318 Å². The Morgan fingerprint density at radius 3 is 2.46 bits per heavy atom. The number of nitro benzene ring substituents is 1. The van der Waals surface area contributed by atoms with Gasteiger partial charge in [-0.05, 0) is 81.6 Å². The summed E-state index contributed by atoms with van der Waals surface area (Å²) in [5.74, 6) is -0.160. The van der Waals surface area contributed by atoms with Crippen molar-refractivity contribution in [2.75, 3.05) is 18.6 Å². The van der Waals surface area contributed by atoms with Crippen molar-refractivity contribution in [2.24, 2.45) is 5.92 Å². The van der Waals surface area contributed by atoms with E-state index in [0.717, 1.165) is 31.2 Å². The highest BCUT2D eigenvalue weighted by Crippen LogP contribution is 2.60. The van der Waals surface area contributed by atoms with Crippen molar-refractivity contribution in [2.45, 2.75) is 69.2 Å². The number of aliphatic hydroxyl groups excluding tert-OH is 1. The fourth-order valence-electron chi connectivity index (χ4n) is 8.92. The lowest BCUT2D eigenvalue weighted by molar-refractivity contribution is -0.385. The Hall–Kier alpha value is -4.11. The fraction of sp³-hybridized carbons (Fsp3) is 0.350. The number of hydrogen-bond donors (Lipinski definition) is 1. The minimum Gasteiger partial charge on any atom is -0.497 e. The number of anilines is 1. The highest BCUT2D eigenvalue weighted by molar-refractivity contribution is 14.1. The predicted octanol–water partition coefficient (Wildman–Crippen LogP) is 6.31. The number of methoxy groups -OCH3 is 1. The van der Waals surface area contributed by atoms with E-state index in [0.29, 0.717) is 24.2 Å². The summed E-state index contributed by atoms with van der Waals surface area (Å²) in [6, 6.07) is 28.0. The topological polar surface area (TPSA) is 122 Å². The summed E-state index contributed by atoms with van der Waals surface area (Å²) in [4.78, 5) is 44.8. The number of ether oxygens (including phenoxy) is 2. The lowest BCUT2D eigenvalue weighted by Gasteiger charge is -2.39. The first-order chi connectivity index (χ1) is 24.9. The van der Waals surface area contributed by atoms with Crippen LogP contribution < -0.4 is 14.8 Å². The molecule has 3 heterocycles. The van der Waals surface area contributed by atoms with E-state index in [4.69, 9.17) is 9.47 Å². The van der Waals surface area contributed by atoms with Gasteiger partial charge in [0.05, 0.1) is 57.5 Å². The van der Waals surface area contributed by atoms with Crippen LogP contribution in [0, 0.1) is 19.6 Å². The van der Waals surface area contributed by atoms with Crippen molar-refractivity contribution in [3.63, 3.8) is 0 Å². The van der Waals surface area contributed by atoms with Gasteiger partial charge >= 0.3 is 0 Å². The SMILES string of the molecule is COc1ccc([Si](C)(C)[C@H]2[C@H](CC(=O)N3Cc4ccccc4C[C@H]3CO)O[C@@]3(C(=O)N(Cc4cccc(I)c4)c4ccc([N+](=O)[O-])cc43)[C@@H]2C)cc1. The minimum absolute atomic E-state index is 0.00354. The number of non-ortho nitro benzene ring substituents is 1. The maximum Gasteiger partial charge on any atom is 0.269 e. The smallest absolute Gasteiger partial charge is 0.269 e. The van der Waals surface area contributed by atoms with Gasteiger partial charge in [0.25, 0.3) is 11.6 Å². The molecule has 5 atom stereocenters. The Balaban J connectivity index is 1.33. The zero-order valence-electron chi connectivity index (χ0n) is 29.6. The summed E-state index contributed by atoms with van der Waals surface area (Å²) >= 11 is 2.24. The fourth-order valence-corrected chi connectivity index (χ4v) is 13.5. The average Bonchev–Trinajstić information content (AvgIpc) is 3.56. The van der Waals surface area contributed by atoms with Gasteiger partial charge in [0.15, 0.2) is 5.60 Å². The summed E-state index contributed by atoms with van der Waals surface area (Å²) in [6.45, 7) is 6.94. The van der Waals surface area contributed by atoms with Crippen molar-refractivity contribution in [1.82, 2.24) is 4.90 Å². The van der Waals surface area contributed by atoms with E-state index < -0.39 is 30.6 Å². The summed E-state index contributed by atoms with van der Waals surface area (Å²) in [5.41, 5.74) is 2.18. The average molecular weight is 832 g/mol. The molecule has 12 heteroatoms. The number of hydrogen-bond acceptors (Lipinski definition) is 7. The number of carbonyl (C=O) groups is 2. The molecule has 3 aliphatic heterocycles. The van der Waals surface area contributed by atoms with Crippen LogP contribution in [0.25, 0.3) is 0 Å². The molecule has 7 rings (SSSR count). The second kappa shape index (κ2) is 14.0. The molecule has 1 saturated heterocycles. The maximum atomic E-state index is 15.1. The lowest BCUT2D eigenvalue weighted by atomic mass is 9.82. The molecule has 52 heavy (non-hydrogen) atoms. The first-order valence-corrected chi connectivity index (χ1v) is 21.7. The van der Waals surface area contributed by atoms with Crippen molar-refractivity contribution in [3.05, 3.63) is 127 Å². The van der Waals surface area contributed by atoms with Crippen LogP contribution in [0.5, 0.6) is 5.75 Å². The molecule has 0 bridgehead atoms. The van der Waals surface area contributed by atoms with Crippen LogP contribution in [0.2, 0.25) is 18.6 Å². The molecule has 2 amide bonds. The van der Waals surface area contributed by atoms with E-state index in [1.54, 1.807) is 23.0 Å². The summed E-state index contributed by atoms with van der Waals surface area (Å²) in [6.07, 6.45) is -0.143. The van der Waals surface area contributed by atoms with Crippen LogP contribution in [-0.2, 0) is 39.4 Å². The van der Waals surface area contributed by atoms with Crippen LogP contribution in [0.1, 0.15) is 35.6 Å². The molecule has 4 aromatic rings. The molecule has 270 valence electrons. The molecule has 0 saturated carbocycles. The molecule has 4 aromatic carbocycles. The van der Waals surface area contributed by atoms with E-state index >= 15 is 4.79 Å². The van der Waals surface area contributed by atoms with Crippen LogP contribution in [0.4, 0.5) is 11.4 Å². The van der Waals surface area contributed by atoms with Gasteiger partial charge in [0.1, 0.15) is 5.75 Å². The van der Waals surface area contributed by atoms with Gasteiger partial charge in [0, 0.05) is 33.7 Å². The third-order valence-corrected chi connectivity index (χ3v) is 16.6. The number of carbonyl (C=O) groups excluding carboxylic acids is 2. The second-order valence-corrected chi connectivity index (χ2v) is 20.6. The Morgan fingerprint density at radius 2 is 1.79 bits per heavy atom. The van der Waals surface area contributed by atoms with E-state index in [1.807, 2.05) is 67.6 Å². The van der Waals surface area contributed by atoms with Gasteiger partial charge < -0.3 is 24.4 Å². The van der Waals surface area contributed by atoms with Gasteiger partial charge in [0.2, 0.25) is 5.91 Å². The third-order valence-electron chi connectivity index (χ3n) is 11.5. The highest BCUT2D eigenvalue weighted by atomic mass is 127. The van der Waals surface area contributed by atoms with Crippen molar-refractivity contribution in [1.29, 1.82) is 0 Å². The van der Waals surface area contributed by atoms with Gasteiger partial charge in [-0.15, -0.1) is 0 Å². The molecule has 10 nitrogen and oxygen atoms in total. The van der Waals surface area contributed by atoms with Gasteiger partial charge in [-0.1, -0.05) is 73.7 Å². The predicted molar refractivity (Wildman–Crippen MR) is 209 cm³/mol. The highest BCUT2D eigenvalue weighted by Gasteiger charge is 2.67. The monoisotopic (exact) mass is 831 g/mol. The van der Waals surface area contributed by atoms with Gasteiger partial charge in [-0.3, -0.25) is 19.7 Å². The first kappa shape index (κ1) is 36.3. The van der Waals surface area contributed by atoms with Gasteiger partial charge in [-0.25, -0.2) is 0 Å². The molecule has 1 N–H and O–H groups in total. The molecule has 0 aliphatic carbocycles. The minimum atomic E-state index is -2.60. The van der Waals surface area contributed by atoms with Crippen LogP contribution in [0.3, 0.4) is 0 Å². The standard InChI is InChI=1S/C40H42IN3O7Si/c1-25-38(52(3,4)33-15-13-32(50-2)14-16-33)36(21-37(46)42-23-28-10-6-5-9-27(28)19-31(42)24-45)51-40(25)34-20-30(44(48)49)12-17-35(34)43(39(40)47)22-26-8-7-11-29(41)18-26/h5-18,20,25,31,36,38,45H,19,21-24H2,1-4H3/t25-,31+,36+,38-,40+/m1/s1. The molecule has 1 fully saturated rings. The van der Waals surface area contributed by atoms with Crippen molar-refractivity contribution < 1.29 is 29.1 Å². The Morgan fingerprint density at radius 1 is 1.06 bits per heavy atom. The molecular formula is C40H42IN3O7Si. The number of halogens is 1. The Bertz CT molecular complexity index is 2040. The van der Waals surface area contributed by atoms with Crippen LogP contribution in [-0.4, -0.2) is 60.7 Å². The molecule has 3 aliphatic rings. The summed E-state index contributed by atoms with van der Waals surface area (Å²) in [5, 5.41) is 23.7. The third kappa shape index (κ3) is 6.12. The largest absolute Gasteiger partial charge is 0.497 e. The molecule has 0 aromatic heterocycles. The molecule has 1 spiro atoms. The number of fused-ring (bicyclic) bond motifs is 3. The maximum absolute atomic E-state index is 15.1. The summed E-state index contributed by atoms with van der Waals surface area (Å²) in [7, 11) is -0.973. The number of rotatable bonds is 9. The molecule has 0 radical (unpaired) electrons. The number of amides is 2. The zero-order valence-corrected chi connectivity index (χ0v) is 32.8. The van der Waals surface area contributed by atoms with E-state index in [9.17, 15) is 20.0 Å². The number of nitro groups is 1. The van der Waals surface area contributed by atoms with Crippen molar-refractivity contribution in [3.8, 4) is 5.75 Å². The Kier molecular flexibility index (Phi) is 9.78. The normalized spacial score (nSPS) is 23.8. The first-order valence-electron chi connectivity index (χ1n) is 17.5. The van der Waals surface area contributed by atoms with E-state index in [1.165, 1.54) is 12.1 Å². The lowest BCUT2D eigenvalue weighted by Crippen LogP contribution is -2.52. The number of benzene rings is 4. The second-order valence-electron chi connectivity index (χ2n) is 14.7. The summed E-state index contributed by atoms with van der Waals surface area (Å²) < 4.78 is 13.6. The van der Waals surface area contributed by atoms with Gasteiger partial charge in [-0.2, -0.15) is 0 Å². The van der Waals surface area contributed by atoms with Crippen molar-refractivity contribution >= 4 is 59.0 Å².